The summed E-state index contributed by atoms with van der Waals surface area (Å²) >= 11 is 5.84. The Bertz CT molecular complexity index is 539. The highest BCUT2D eigenvalue weighted by molar-refractivity contribution is 6.29. The fourth-order valence-corrected chi connectivity index (χ4v) is 2.44. The number of hydrogen-bond donors (Lipinski definition) is 1. The average molecular weight is 245 g/mol. The molecule has 0 radical (unpaired) electrons. The second-order valence-corrected chi connectivity index (χ2v) is 4.71. The van der Waals surface area contributed by atoms with Crippen molar-refractivity contribution in [3.05, 3.63) is 58.7 Å². The molecular weight excluding hydrogens is 232 g/mol. The molecule has 2 nitrogen and oxygen atoms in total. The smallest absolute Gasteiger partial charge is 0.131 e. The predicted molar refractivity (Wildman–Crippen MR) is 70.6 cm³/mol. The van der Waals surface area contributed by atoms with Crippen LogP contribution in [0.3, 0.4) is 0 Å². The van der Waals surface area contributed by atoms with Gasteiger partial charge in [-0.15, -0.1) is 0 Å². The maximum atomic E-state index is 5.84. The van der Waals surface area contributed by atoms with Crippen molar-refractivity contribution in [1.82, 2.24) is 4.98 Å². The van der Waals surface area contributed by atoms with Gasteiger partial charge in [-0.2, -0.15) is 0 Å². The first kappa shape index (κ1) is 10.6. The van der Waals surface area contributed by atoms with Gasteiger partial charge in [0, 0.05) is 12.5 Å². The third kappa shape index (κ3) is 2.13. The molecule has 1 aromatic carbocycles. The van der Waals surface area contributed by atoms with Gasteiger partial charge in [0.15, 0.2) is 0 Å². The molecule has 0 aliphatic heterocycles. The Labute approximate surface area is 106 Å². The van der Waals surface area contributed by atoms with Gasteiger partial charge >= 0.3 is 0 Å². The van der Waals surface area contributed by atoms with Crippen molar-refractivity contribution < 1.29 is 0 Å². The minimum absolute atomic E-state index is 0.531. The normalized spacial score (nSPS) is 17.1. The molecule has 1 aliphatic carbocycles. The Morgan fingerprint density at radius 3 is 2.88 bits per heavy atom. The van der Waals surface area contributed by atoms with E-state index in [1.165, 1.54) is 11.1 Å². The SMILES string of the molecule is Clc1cccc(NCC2Cc3ccccc32)n1. The summed E-state index contributed by atoms with van der Waals surface area (Å²) < 4.78 is 0. The van der Waals surface area contributed by atoms with Crippen LogP contribution in [-0.4, -0.2) is 11.5 Å². The standard InChI is InChI=1S/C14H13ClN2/c15-13-6-3-7-14(17-13)16-9-11-8-10-4-1-2-5-12(10)11/h1-7,11H,8-9H2,(H,16,17). The van der Waals surface area contributed by atoms with Crippen LogP contribution < -0.4 is 5.32 Å². The second kappa shape index (κ2) is 4.38. The zero-order chi connectivity index (χ0) is 11.7. The lowest BCUT2D eigenvalue weighted by atomic mass is 9.77. The molecule has 0 amide bonds. The third-order valence-electron chi connectivity index (χ3n) is 3.21. The number of pyridine rings is 1. The van der Waals surface area contributed by atoms with Crippen molar-refractivity contribution in [3.8, 4) is 0 Å². The Morgan fingerprint density at radius 2 is 2.06 bits per heavy atom. The lowest BCUT2D eigenvalue weighted by Gasteiger charge is -2.30. The summed E-state index contributed by atoms with van der Waals surface area (Å²) in [6, 6.07) is 14.2. The highest BCUT2D eigenvalue weighted by Gasteiger charge is 2.24. The molecule has 0 fully saturated rings. The minimum atomic E-state index is 0.531. The first-order chi connectivity index (χ1) is 8.33. The van der Waals surface area contributed by atoms with E-state index in [0.717, 1.165) is 18.8 Å². The number of nitrogens with one attached hydrogen (secondary N) is 1. The first-order valence-corrected chi connectivity index (χ1v) is 6.15. The van der Waals surface area contributed by atoms with Crippen LogP contribution in [0.1, 0.15) is 17.0 Å². The van der Waals surface area contributed by atoms with E-state index in [1.807, 2.05) is 12.1 Å². The Hall–Kier alpha value is -1.54. The van der Waals surface area contributed by atoms with Gasteiger partial charge in [0.1, 0.15) is 11.0 Å². The Kier molecular flexibility index (Phi) is 2.73. The number of nitrogens with zero attached hydrogens (tertiary/aromatic N) is 1. The van der Waals surface area contributed by atoms with Crippen LogP contribution in [0, 0.1) is 0 Å². The molecule has 2 aromatic rings. The van der Waals surface area contributed by atoms with Crippen LogP contribution in [0.15, 0.2) is 42.5 Å². The number of aromatic nitrogens is 1. The van der Waals surface area contributed by atoms with Gasteiger partial charge in [-0.25, -0.2) is 4.98 Å². The zero-order valence-electron chi connectivity index (χ0n) is 9.36. The van der Waals surface area contributed by atoms with E-state index in [1.54, 1.807) is 6.07 Å². The van der Waals surface area contributed by atoms with Gasteiger partial charge < -0.3 is 5.32 Å². The van der Waals surface area contributed by atoms with Gasteiger partial charge in [-0.05, 0) is 29.7 Å². The van der Waals surface area contributed by atoms with Crippen molar-refractivity contribution in [1.29, 1.82) is 0 Å². The number of rotatable bonds is 3. The lowest BCUT2D eigenvalue weighted by molar-refractivity contribution is 0.634. The topological polar surface area (TPSA) is 24.9 Å². The van der Waals surface area contributed by atoms with Gasteiger partial charge in [0.05, 0.1) is 0 Å². The molecule has 1 heterocycles. The first-order valence-electron chi connectivity index (χ1n) is 5.77. The van der Waals surface area contributed by atoms with Crippen LogP contribution in [-0.2, 0) is 6.42 Å². The molecule has 3 heteroatoms. The van der Waals surface area contributed by atoms with Crippen LogP contribution in [0.2, 0.25) is 5.15 Å². The molecule has 1 aliphatic rings. The predicted octanol–water partition coefficient (Wildman–Crippen LogP) is 3.49. The molecular formula is C14H13ClN2. The number of halogens is 1. The monoisotopic (exact) mass is 244 g/mol. The molecule has 0 spiro atoms. The number of anilines is 1. The van der Waals surface area contributed by atoms with Crippen LogP contribution >= 0.6 is 11.6 Å². The summed E-state index contributed by atoms with van der Waals surface area (Å²) in [7, 11) is 0. The van der Waals surface area contributed by atoms with Crippen molar-refractivity contribution in [2.24, 2.45) is 0 Å². The van der Waals surface area contributed by atoms with E-state index in [2.05, 4.69) is 34.6 Å². The average Bonchev–Trinajstić information content (AvgIpc) is 2.30. The number of benzene rings is 1. The molecule has 0 bridgehead atoms. The van der Waals surface area contributed by atoms with Gasteiger partial charge in [-0.3, -0.25) is 0 Å². The van der Waals surface area contributed by atoms with E-state index >= 15 is 0 Å². The maximum absolute atomic E-state index is 5.84. The highest BCUT2D eigenvalue weighted by Crippen LogP contribution is 2.34. The van der Waals surface area contributed by atoms with Gasteiger partial charge in [0.2, 0.25) is 0 Å². The summed E-state index contributed by atoms with van der Waals surface area (Å²) in [6.07, 6.45) is 1.16. The van der Waals surface area contributed by atoms with E-state index < -0.39 is 0 Å². The van der Waals surface area contributed by atoms with Crippen molar-refractivity contribution >= 4 is 17.4 Å². The summed E-state index contributed by atoms with van der Waals surface area (Å²) in [5.74, 6) is 1.45. The third-order valence-corrected chi connectivity index (χ3v) is 3.42. The van der Waals surface area contributed by atoms with Crippen LogP contribution in [0.25, 0.3) is 0 Å². The quantitative estimate of drug-likeness (QED) is 0.836. The molecule has 1 unspecified atom stereocenters. The number of hydrogen-bond acceptors (Lipinski definition) is 2. The van der Waals surface area contributed by atoms with Crippen molar-refractivity contribution in [2.75, 3.05) is 11.9 Å². The molecule has 1 atom stereocenters. The summed E-state index contributed by atoms with van der Waals surface area (Å²) in [5, 5.41) is 3.86. The summed E-state index contributed by atoms with van der Waals surface area (Å²) in [6.45, 7) is 0.921. The van der Waals surface area contributed by atoms with Crippen molar-refractivity contribution in [2.45, 2.75) is 12.3 Å². The van der Waals surface area contributed by atoms with E-state index in [9.17, 15) is 0 Å². The van der Waals surface area contributed by atoms with E-state index in [0.29, 0.717) is 11.1 Å². The van der Waals surface area contributed by atoms with Gasteiger partial charge in [-0.1, -0.05) is 41.9 Å². The molecule has 0 saturated heterocycles. The Morgan fingerprint density at radius 1 is 1.18 bits per heavy atom. The fourth-order valence-electron chi connectivity index (χ4n) is 2.28. The van der Waals surface area contributed by atoms with Gasteiger partial charge in [0.25, 0.3) is 0 Å². The molecule has 3 rings (SSSR count). The number of fused-ring (bicyclic) bond motifs is 1. The lowest BCUT2D eigenvalue weighted by Crippen LogP contribution is -2.24. The minimum Gasteiger partial charge on any atom is -0.369 e. The fraction of sp³-hybridized carbons (Fsp3) is 0.214. The molecule has 0 saturated carbocycles. The van der Waals surface area contributed by atoms with Crippen LogP contribution in [0.5, 0.6) is 0 Å². The Balaban J connectivity index is 1.64. The largest absolute Gasteiger partial charge is 0.369 e. The van der Waals surface area contributed by atoms with E-state index in [-0.39, 0.29) is 0 Å². The molecule has 17 heavy (non-hydrogen) atoms. The zero-order valence-corrected chi connectivity index (χ0v) is 10.1. The molecule has 1 aromatic heterocycles. The maximum Gasteiger partial charge on any atom is 0.131 e. The summed E-state index contributed by atoms with van der Waals surface area (Å²) in [5.41, 5.74) is 2.93. The van der Waals surface area contributed by atoms with E-state index in [4.69, 9.17) is 11.6 Å². The van der Waals surface area contributed by atoms with Crippen LogP contribution in [0.4, 0.5) is 5.82 Å². The molecule has 1 N–H and O–H groups in total. The summed E-state index contributed by atoms with van der Waals surface area (Å²) in [4.78, 5) is 4.21. The highest BCUT2D eigenvalue weighted by atomic mass is 35.5. The van der Waals surface area contributed by atoms with Crippen molar-refractivity contribution in [3.63, 3.8) is 0 Å². The second-order valence-electron chi connectivity index (χ2n) is 4.33. The molecule has 86 valence electrons.